The van der Waals surface area contributed by atoms with Crippen LogP contribution in [0.4, 0.5) is 0 Å². The van der Waals surface area contributed by atoms with Gasteiger partial charge in [0.15, 0.2) is 0 Å². The van der Waals surface area contributed by atoms with Crippen LogP contribution in [-0.4, -0.2) is 47.6 Å². The molecule has 1 saturated heterocycles. The van der Waals surface area contributed by atoms with Gasteiger partial charge >= 0.3 is 5.97 Å². The van der Waals surface area contributed by atoms with E-state index in [0.29, 0.717) is 6.42 Å². The monoisotopic (exact) mass is 275 g/mol. The Morgan fingerprint density at radius 1 is 1.50 bits per heavy atom. The fourth-order valence-electron chi connectivity index (χ4n) is 1.70. The molecule has 0 saturated carbocycles. The molecule has 0 aromatic carbocycles. The second-order valence-electron chi connectivity index (χ2n) is 4.27. The van der Waals surface area contributed by atoms with Gasteiger partial charge in [0.05, 0.1) is 5.60 Å². The molecule has 1 aromatic heterocycles. The van der Waals surface area contributed by atoms with Gasteiger partial charge in [0.25, 0.3) is 10.0 Å². The van der Waals surface area contributed by atoms with Crippen LogP contribution < -0.4 is 0 Å². The highest BCUT2D eigenvalue weighted by Crippen LogP contribution is 2.30. The van der Waals surface area contributed by atoms with Crippen molar-refractivity contribution >= 4 is 16.0 Å². The minimum atomic E-state index is -3.85. The summed E-state index contributed by atoms with van der Waals surface area (Å²) in [6.07, 6.45) is 0.456. The lowest BCUT2D eigenvalue weighted by Crippen LogP contribution is -2.62. The molecule has 2 rings (SSSR count). The van der Waals surface area contributed by atoms with Crippen LogP contribution in [0.15, 0.2) is 21.6 Å². The first-order valence-corrected chi connectivity index (χ1v) is 6.78. The summed E-state index contributed by atoms with van der Waals surface area (Å²) >= 11 is 0. The van der Waals surface area contributed by atoms with Crippen molar-refractivity contribution in [1.29, 1.82) is 0 Å². The Bertz CT molecular complexity index is 569. The lowest BCUT2D eigenvalue weighted by atomic mass is 9.94. The summed E-state index contributed by atoms with van der Waals surface area (Å²) in [5.74, 6) is -1.76. The van der Waals surface area contributed by atoms with E-state index >= 15 is 0 Å². The van der Waals surface area contributed by atoms with Crippen LogP contribution >= 0.6 is 0 Å². The summed E-state index contributed by atoms with van der Waals surface area (Å²) in [5, 5.41) is 18.0. The van der Waals surface area contributed by atoms with E-state index in [9.17, 15) is 18.3 Å². The molecule has 2 heterocycles. The van der Waals surface area contributed by atoms with Crippen molar-refractivity contribution < 1.29 is 27.8 Å². The predicted molar refractivity (Wildman–Crippen MR) is 59.7 cm³/mol. The minimum absolute atomic E-state index is 0.00502. The lowest BCUT2D eigenvalue weighted by molar-refractivity contribution is -0.0618. The van der Waals surface area contributed by atoms with E-state index in [1.54, 1.807) is 6.92 Å². The number of nitrogens with zero attached hydrogens (tertiary/aromatic N) is 1. The third-order valence-electron chi connectivity index (χ3n) is 2.99. The standard InChI is InChI=1S/C10H13NO6S/c1-2-10(14)5-11(6-10)18(15,16)8-4-3-7(17-8)9(12)13/h3-4,14H,2,5-6H2,1H3,(H,12,13). The molecule has 0 radical (unpaired) electrons. The van der Waals surface area contributed by atoms with Gasteiger partial charge in [0, 0.05) is 13.1 Å². The molecule has 18 heavy (non-hydrogen) atoms. The summed E-state index contributed by atoms with van der Waals surface area (Å²) in [5.41, 5.74) is -0.991. The average Bonchev–Trinajstić information content (AvgIpc) is 2.74. The Balaban J connectivity index is 2.20. The Kier molecular flexibility index (Phi) is 2.96. The number of rotatable bonds is 4. The van der Waals surface area contributed by atoms with Crippen LogP contribution in [0.3, 0.4) is 0 Å². The highest BCUT2D eigenvalue weighted by atomic mass is 32.2. The van der Waals surface area contributed by atoms with Crippen molar-refractivity contribution in [3.05, 3.63) is 17.9 Å². The van der Waals surface area contributed by atoms with E-state index in [1.165, 1.54) is 0 Å². The zero-order valence-electron chi connectivity index (χ0n) is 9.66. The number of β-amino-alcohol motifs (C(OH)–C–C–N with tert-alkyl or cyclic N) is 1. The smallest absolute Gasteiger partial charge is 0.371 e. The van der Waals surface area contributed by atoms with Crippen molar-refractivity contribution in [3.8, 4) is 0 Å². The Labute approximate surface area is 104 Å². The van der Waals surface area contributed by atoms with Gasteiger partial charge < -0.3 is 14.6 Å². The molecule has 1 aromatic rings. The molecule has 0 amide bonds. The minimum Gasteiger partial charge on any atom is -0.475 e. The van der Waals surface area contributed by atoms with Crippen LogP contribution in [0.1, 0.15) is 23.9 Å². The third kappa shape index (κ3) is 2.02. The van der Waals surface area contributed by atoms with Crippen LogP contribution in [0, 0.1) is 0 Å². The number of aliphatic hydroxyl groups is 1. The molecule has 0 bridgehead atoms. The highest BCUT2D eigenvalue weighted by Gasteiger charge is 2.47. The van der Waals surface area contributed by atoms with Gasteiger partial charge in [0.1, 0.15) is 0 Å². The first-order valence-electron chi connectivity index (χ1n) is 5.34. The molecule has 1 fully saturated rings. The quantitative estimate of drug-likeness (QED) is 0.808. The van der Waals surface area contributed by atoms with Crippen LogP contribution in [0.5, 0.6) is 0 Å². The van der Waals surface area contributed by atoms with E-state index in [-0.39, 0.29) is 13.1 Å². The summed E-state index contributed by atoms with van der Waals surface area (Å²) in [6.45, 7) is 1.75. The molecular weight excluding hydrogens is 262 g/mol. The van der Waals surface area contributed by atoms with Gasteiger partial charge in [-0.05, 0) is 18.6 Å². The fourth-order valence-corrected chi connectivity index (χ4v) is 3.21. The number of carbonyl (C=O) groups is 1. The van der Waals surface area contributed by atoms with Crippen molar-refractivity contribution in [3.63, 3.8) is 0 Å². The van der Waals surface area contributed by atoms with Crippen LogP contribution in [0.2, 0.25) is 0 Å². The van der Waals surface area contributed by atoms with Crippen LogP contribution in [-0.2, 0) is 10.0 Å². The zero-order chi connectivity index (χ0) is 13.6. The van der Waals surface area contributed by atoms with E-state index in [0.717, 1.165) is 16.4 Å². The Hall–Kier alpha value is -1.38. The molecule has 1 aliphatic rings. The number of carboxylic acid groups (broad SMARTS) is 1. The van der Waals surface area contributed by atoms with Crippen LogP contribution in [0.25, 0.3) is 0 Å². The number of hydrogen-bond donors (Lipinski definition) is 2. The number of carboxylic acids is 1. The predicted octanol–water partition coefficient (Wildman–Crippen LogP) is 0.123. The van der Waals surface area contributed by atoms with E-state index in [1.807, 2.05) is 0 Å². The van der Waals surface area contributed by atoms with Crippen molar-refractivity contribution in [2.24, 2.45) is 0 Å². The molecule has 0 spiro atoms. The maximum absolute atomic E-state index is 12.0. The SMILES string of the molecule is CCC1(O)CN(S(=O)(=O)c2ccc(C(=O)O)o2)C1. The molecule has 1 aliphatic heterocycles. The number of furan rings is 1. The fraction of sp³-hybridized carbons (Fsp3) is 0.500. The summed E-state index contributed by atoms with van der Waals surface area (Å²) in [4.78, 5) is 10.6. The second kappa shape index (κ2) is 4.08. The lowest BCUT2D eigenvalue weighted by Gasteiger charge is -2.44. The largest absolute Gasteiger partial charge is 0.475 e. The molecular formula is C10H13NO6S. The molecule has 0 unspecified atom stereocenters. The first-order chi connectivity index (χ1) is 8.28. The van der Waals surface area contributed by atoms with E-state index < -0.39 is 32.4 Å². The van der Waals surface area contributed by atoms with E-state index in [4.69, 9.17) is 9.52 Å². The molecule has 2 N–H and O–H groups in total. The van der Waals surface area contributed by atoms with Gasteiger partial charge in [-0.1, -0.05) is 6.92 Å². The number of sulfonamides is 1. The Morgan fingerprint density at radius 2 is 2.11 bits per heavy atom. The molecule has 0 atom stereocenters. The molecule has 7 nitrogen and oxygen atoms in total. The van der Waals surface area contributed by atoms with Crippen molar-refractivity contribution in [2.45, 2.75) is 24.0 Å². The third-order valence-corrected chi connectivity index (χ3v) is 4.65. The highest BCUT2D eigenvalue weighted by molar-refractivity contribution is 7.89. The van der Waals surface area contributed by atoms with Gasteiger partial charge in [-0.25, -0.2) is 13.2 Å². The summed E-state index contributed by atoms with van der Waals surface area (Å²) in [7, 11) is -3.85. The second-order valence-corrected chi connectivity index (χ2v) is 6.14. The van der Waals surface area contributed by atoms with Gasteiger partial charge in [0.2, 0.25) is 10.9 Å². The maximum Gasteiger partial charge on any atom is 0.371 e. The topological polar surface area (TPSA) is 108 Å². The molecule has 0 aliphatic carbocycles. The summed E-state index contributed by atoms with van der Waals surface area (Å²) in [6, 6.07) is 2.18. The number of hydrogen-bond acceptors (Lipinski definition) is 5. The first kappa shape index (κ1) is 13.1. The van der Waals surface area contributed by atoms with E-state index in [2.05, 4.69) is 0 Å². The normalized spacial score (nSPS) is 19.4. The molecule has 100 valence electrons. The Morgan fingerprint density at radius 3 is 2.56 bits per heavy atom. The van der Waals surface area contributed by atoms with Gasteiger partial charge in [-0.3, -0.25) is 0 Å². The average molecular weight is 275 g/mol. The van der Waals surface area contributed by atoms with Crippen molar-refractivity contribution in [2.75, 3.05) is 13.1 Å². The summed E-state index contributed by atoms with van der Waals surface area (Å²) < 4.78 is 29.8. The van der Waals surface area contributed by atoms with Crippen molar-refractivity contribution in [1.82, 2.24) is 4.31 Å². The zero-order valence-corrected chi connectivity index (χ0v) is 10.5. The number of aromatic carboxylic acids is 1. The van der Waals surface area contributed by atoms with Gasteiger partial charge in [-0.2, -0.15) is 4.31 Å². The molecule has 8 heteroatoms. The van der Waals surface area contributed by atoms with Gasteiger partial charge in [-0.15, -0.1) is 0 Å². The maximum atomic E-state index is 12.0.